The first-order chi connectivity index (χ1) is 13.8. The summed E-state index contributed by atoms with van der Waals surface area (Å²) in [6.45, 7) is 0.781. The molecular formula is C16H15F5N2O6S. The Kier molecular flexibility index (Phi) is 6.69. The van der Waals surface area contributed by atoms with E-state index in [2.05, 4.69) is 14.9 Å². The summed E-state index contributed by atoms with van der Waals surface area (Å²) in [5, 5.41) is 3.42. The number of nitrogens with zero attached hydrogens (tertiary/aromatic N) is 2. The van der Waals surface area contributed by atoms with Gasteiger partial charge in [0.2, 0.25) is 11.5 Å². The molecule has 0 aromatic carbocycles. The maximum atomic E-state index is 12.9. The number of ether oxygens (including phenoxy) is 2. The van der Waals surface area contributed by atoms with Crippen LogP contribution in [-0.2, 0) is 14.6 Å². The summed E-state index contributed by atoms with van der Waals surface area (Å²) < 4.78 is 101. The Morgan fingerprint density at radius 1 is 1.17 bits per heavy atom. The van der Waals surface area contributed by atoms with Gasteiger partial charge in [-0.3, -0.25) is 0 Å². The molecule has 0 radical (unpaired) electrons. The lowest BCUT2D eigenvalue weighted by Crippen LogP contribution is -2.41. The SMILES string of the molecule is CCOC(=O)c1noc(-c2ccc(OCC(F)(F)C(F)(F)F)cn2)c1S(=O)(=O)CC. The molecule has 8 nitrogen and oxygen atoms in total. The minimum absolute atomic E-state index is 0.0561. The van der Waals surface area contributed by atoms with E-state index in [-0.39, 0.29) is 12.3 Å². The molecule has 14 heteroatoms. The van der Waals surface area contributed by atoms with Crippen LogP contribution in [0.5, 0.6) is 5.75 Å². The molecule has 0 aliphatic carbocycles. The Hall–Kier alpha value is -2.77. The molecule has 166 valence electrons. The van der Waals surface area contributed by atoms with E-state index in [1.54, 1.807) is 0 Å². The smallest absolute Gasteiger partial charge is 0.456 e. The van der Waals surface area contributed by atoms with Crippen molar-refractivity contribution >= 4 is 15.8 Å². The fourth-order valence-corrected chi connectivity index (χ4v) is 3.19. The van der Waals surface area contributed by atoms with Crippen LogP contribution in [0.4, 0.5) is 22.0 Å². The third-order valence-corrected chi connectivity index (χ3v) is 5.37. The molecule has 2 heterocycles. The van der Waals surface area contributed by atoms with E-state index >= 15 is 0 Å². The maximum absolute atomic E-state index is 12.9. The van der Waals surface area contributed by atoms with Crippen LogP contribution < -0.4 is 4.74 Å². The van der Waals surface area contributed by atoms with E-state index in [1.165, 1.54) is 13.8 Å². The highest BCUT2D eigenvalue weighted by molar-refractivity contribution is 7.91. The Bertz CT molecular complexity index is 1000. The van der Waals surface area contributed by atoms with E-state index in [0.717, 1.165) is 18.3 Å². The van der Waals surface area contributed by atoms with Crippen molar-refractivity contribution in [2.45, 2.75) is 30.8 Å². The van der Waals surface area contributed by atoms with Crippen molar-refractivity contribution in [3.05, 3.63) is 24.0 Å². The first-order valence-electron chi connectivity index (χ1n) is 8.27. The molecule has 0 aliphatic rings. The zero-order chi connectivity index (χ0) is 22.7. The summed E-state index contributed by atoms with van der Waals surface area (Å²) in [5.41, 5.74) is -0.777. The van der Waals surface area contributed by atoms with Crippen LogP contribution in [-0.4, -0.2) is 55.6 Å². The van der Waals surface area contributed by atoms with Crippen molar-refractivity contribution in [1.82, 2.24) is 10.1 Å². The average molecular weight is 458 g/mol. The van der Waals surface area contributed by atoms with Crippen molar-refractivity contribution in [3.63, 3.8) is 0 Å². The van der Waals surface area contributed by atoms with Gasteiger partial charge in [-0.2, -0.15) is 22.0 Å². The van der Waals surface area contributed by atoms with Gasteiger partial charge in [0.1, 0.15) is 11.4 Å². The summed E-state index contributed by atoms with van der Waals surface area (Å²) in [6, 6.07) is 2.02. The van der Waals surface area contributed by atoms with Gasteiger partial charge in [0.05, 0.1) is 18.6 Å². The molecule has 0 aliphatic heterocycles. The van der Waals surface area contributed by atoms with Gasteiger partial charge >= 0.3 is 18.1 Å². The molecule has 0 atom stereocenters. The van der Waals surface area contributed by atoms with E-state index in [9.17, 15) is 35.2 Å². The number of sulfone groups is 1. The molecule has 0 saturated carbocycles. The van der Waals surface area contributed by atoms with E-state index in [1.807, 2.05) is 0 Å². The Morgan fingerprint density at radius 3 is 2.33 bits per heavy atom. The molecular weight excluding hydrogens is 443 g/mol. The third kappa shape index (κ3) is 4.86. The van der Waals surface area contributed by atoms with Crippen molar-refractivity contribution in [1.29, 1.82) is 0 Å². The summed E-state index contributed by atoms with van der Waals surface area (Å²) in [4.78, 5) is 15.1. The highest BCUT2D eigenvalue weighted by Crippen LogP contribution is 2.36. The molecule has 0 bridgehead atoms. The number of pyridine rings is 1. The first kappa shape index (κ1) is 23.5. The highest BCUT2D eigenvalue weighted by Gasteiger charge is 2.58. The Balaban J connectivity index is 2.36. The number of carbonyl (C=O) groups is 1. The number of esters is 1. The van der Waals surface area contributed by atoms with Crippen molar-refractivity contribution in [2.24, 2.45) is 0 Å². The van der Waals surface area contributed by atoms with Crippen LogP contribution in [0.1, 0.15) is 24.3 Å². The quantitative estimate of drug-likeness (QED) is 0.438. The minimum atomic E-state index is -5.78. The number of aromatic nitrogens is 2. The summed E-state index contributed by atoms with van der Waals surface area (Å²) >= 11 is 0. The van der Waals surface area contributed by atoms with Crippen LogP contribution in [0, 0.1) is 0 Å². The molecule has 0 N–H and O–H groups in total. The molecule has 0 unspecified atom stereocenters. The zero-order valence-electron chi connectivity index (χ0n) is 15.5. The second kappa shape index (κ2) is 8.53. The zero-order valence-corrected chi connectivity index (χ0v) is 16.3. The fraction of sp³-hybridized carbons (Fsp3) is 0.438. The van der Waals surface area contributed by atoms with Crippen molar-refractivity contribution in [2.75, 3.05) is 19.0 Å². The monoisotopic (exact) mass is 458 g/mol. The standard InChI is InChI=1S/C16H15F5N2O6S/c1-3-27-14(24)11-13(30(25,26)4-2)12(29-23-11)10-6-5-9(7-22-10)28-8-15(17,18)16(19,20)21/h5-7H,3-4,8H2,1-2H3. The van der Waals surface area contributed by atoms with E-state index in [4.69, 9.17) is 9.26 Å². The molecule has 2 aromatic rings. The predicted octanol–water partition coefficient (Wildman–Crippen LogP) is 3.28. The van der Waals surface area contributed by atoms with Crippen LogP contribution in [0.3, 0.4) is 0 Å². The normalized spacial score (nSPS) is 12.6. The molecule has 0 saturated heterocycles. The minimum Gasteiger partial charge on any atom is -0.485 e. The van der Waals surface area contributed by atoms with E-state index < -0.39 is 62.4 Å². The number of hydrogen-bond donors (Lipinski definition) is 0. The number of alkyl halides is 5. The Labute approximate surface area is 166 Å². The number of hydrogen-bond acceptors (Lipinski definition) is 8. The fourth-order valence-electron chi connectivity index (χ4n) is 2.06. The van der Waals surface area contributed by atoms with Gasteiger partial charge in [-0.05, 0) is 19.1 Å². The highest BCUT2D eigenvalue weighted by atomic mass is 32.2. The first-order valence-corrected chi connectivity index (χ1v) is 9.92. The lowest BCUT2D eigenvalue weighted by atomic mass is 10.2. The van der Waals surface area contributed by atoms with Crippen LogP contribution in [0.15, 0.2) is 27.7 Å². The second-order valence-corrected chi connectivity index (χ2v) is 7.90. The molecule has 0 fully saturated rings. The third-order valence-electron chi connectivity index (χ3n) is 3.61. The largest absolute Gasteiger partial charge is 0.485 e. The number of halogens is 5. The van der Waals surface area contributed by atoms with Gasteiger partial charge in [0.15, 0.2) is 21.3 Å². The molecule has 2 aromatic heterocycles. The number of carbonyl (C=O) groups excluding carboxylic acids is 1. The van der Waals surface area contributed by atoms with Crippen molar-refractivity contribution in [3.8, 4) is 17.2 Å². The summed E-state index contributed by atoms with van der Waals surface area (Å²) in [6.07, 6.45) is -5.00. The Morgan fingerprint density at radius 2 is 1.83 bits per heavy atom. The van der Waals surface area contributed by atoms with Gasteiger partial charge in [0, 0.05) is 0 Å². The lowest BCUT2D eigenvalue weighted by molar-refractivity contribution is -0.290. The van der Waals surface area contributed by atoms with Gasteiger partial charge in [-0.25, -0.2) is 18.2 Å². The molecule has 0 amide bonds. The van der Waals surface area contributed by atoms with Gasteiger partial charge in [-0.1, -0.05) is 12.1 Å². The molecule has 30 heavy (non-hydrogen) atoms. The average Bonchev–Trinajstić information content (AvgIpc) is 3.12. The van der Waals surface area contributed by atoms with Gasteiger partial charge in [-0.15, -0.1) is 0 Å². The van der Waals surface area contributed by atoms with Gasteiger partial charge < -0.3 is 14.0 Å². The van der Waals surface area contributed by atoms with Gasteiger partial charge in [0.25, 0.3) is 0 Å². The second-order valence-electron chi connectivity index (χ2n) is 5.68. The summed E-state index contributed by atoms with van der Waals surface area (Å²) in [5.74, 6) is -7.40. The van der Waals surface area contributed by atoms with Crippen LogP contribution >= 0.6 is 0 Å². The summed E-state index contributed by atoms with van der Waals surface area (Å²) in [7, 11) is -4.04. The topological polar surface area (TPSA) is 109 Å². The molecule has 0 spiro atoms. The number of rotatable bonds is 8. The predicted molar refractivity (Wildman–Crippen MR) is 89.9 cm³/mol. The van der Waals surface area contributed by atoms with E-state index in [0.29, 0.717) is 0 Å². The van der Waals surface area contributed by atoms with Crippen LogP contribution in [0.25, 0.3) is 11.5 Å². The molecule has 2 rings (SSSR count). The maximum Gasteiger partial charge on any atom is 0.456 e. The van der Waals surface area contributed by atoms with Crippen molar-refractivity contribution < 1.29 is 49.2 Å². The lowest BCUT2D eigenvalue weighted by Gasteiger charge is -2.19. The van der Waals surface area contributed by atoms with Crippen LogP contribution in [0.2, 0.25) is 0 Å².